The van der Waals surface area contributed by atoms with Crippen molar-refractivity contribution in [1.29, 1.82) is 0 Å². The minimum atomic E-state index is -1.41. The molecular formula is C21H16F2N4O3. The van der Waals surface area contributed by atoms with E-state index in [4.69, 9.17) is 10.5 Å². The van der Waals surface area contributed by atoms with Crippen LogP contribution in [-0.4, -0.2) is 25.8 Å². The first-order valence-corrected chi connectivity index (χ1v) is 8.92. The number of nitrogens with two attached hydrogens (primary N) is 1. The van der Waals surface area contributed by atoms with E-state index in [1.54, 1.807) is 25.3 Å². The maximum atomic E-state index is 14.3. The molecule has 30 heavy (non-hydrogen) atoms. The van der Waals surface area contributed by atoms with Crippen LogP contribution in [0.25, 0.3) is 16.6 Å². The first kappa shape index (κ1) is 19.3. The number of halogens is 2. The predicted molar refractivity (Wildman–Crippen MR) is 106 cm³/mol. The number of rotatable bonds is 5. The van der Waals surface area contributed by atoms with Crippen LogP contribution < -0.4 is 10.5 Å². The average molecular weight is 410 g/mol. The summed E-state index contributed by atoms with van der Waals surface area (Å²) >= 11 is 0. The molecule has 0 aliphatic rings. The zero-order chi connectivity index (χ0) is 21.4. The van der Waals surface area contributed by atoms with E-state index in [-0.39, 0.29) is 11.6 Å². The van der Waals surface area contributed by atoms with Gasteiger partial charge in [0, 0.05) is 29.4 Å². The summed E-state index contributed by atoms with van der Waals surface area (Å²) in [4.78, 5) is 15.6. The van der Waals surface area contributed by atoms with Crippen LogP contribution in [0, 0.1) is 11.6 Å². The molecule has 0 unspecified atom stereocenters. The van der Waals surface area contributed by atoms with E-state index in [0.29, 0.717) is 22.2 Å². The lowest BCUT2D eigenvalue weighted by Crippen LogP contribution is -2.13. The Bertz CT molecular complexity index is 1260. The number of carboxylic acids is 1. The van der Waals surface area contributed by atoms with E-state index in [9.17, 15) is 18.7 Å². The molecule has 4 rings (SSSR count). The monoisotopic (exact) mass is 410 g/mol. The number of hydrogen-bond acceptors (Lipinski definition) is 5. The summed E-state index contributed by atoms with van der Waals surface area (Å²) in [5.41, 5.74) is 6.67. The van der Waals surface area contributed by atoms with Crippen molar-refractivity contribution < 1.29 is 23.4 Å². The van der Waals surface area contributed by atoms with Crippen LogP contribution in [0.5, 0.6) is 5.75 Å². The second kappa shape index (κ2) is 7.43. The molecule has 0 fully saturated rings. The smallest absolute Gasteiger partial charge is 0.338 e. The minimum Gasteiger partial charge on any atom is -0.482 e. The number of anilines is 1. The van der Waals surface area contributed by atoms with E-state index in [0.717, 1.165) is 6.07 Å². The highest BCUT2D eigenvalue weighted by Gasteiger charge is 2.22. The van der Waals surface area contributed by atoms with E-state index < -0.39 is 29.3 Å². The van der Waals surface area contributed by atoms with Crippen molar-refractivity contribution in [3.63, 3.8) is 0 Å². The summed E-state index contributed by atoms with van der Waals surface area (Å²) in [7, 11) is 0. The number of benzene rings is 2. The summed E-state index contributed by atoms with van der Waals surface area (Å²) in [5, 5.41) is 13.9. The van der Waals surface area contributed by atoms with Crippen LogP contribution in [0.3, 0.4) is 0 Å². The lowest BCUT2D eigenvalue weighted by molar-refractivity contribution is 0.0691. The predicted octanol–water partition coefficient (Wildman–Crippen LogP) is 4.12. The van der Waals surface area contributed by atoms with Gasteiger partial charge in [0.25, 0.3) is 0 Å². The van der Waals surface area contributed by atoms with Crippen LogP contribution in [0.1, 0.15) is 28.9 Å². The van der Waals surface area contributed by atoms with Gasteiger partial charge in [0.2, 0.25) is 0 Å². The SMILES string of the molecule is C[C@H](Oc1cc2cc(F)ccc2nc1N)c1cc(C(=O)O)c(F)cc1-n1cccn1. The molecule has 4 aromatic rings. The van der Waals surface area contributed by atoms with Gasteiger partial charge in [0.15, 0.2) is 11.6 Å². The number of ether oxygens (including phenoxy) is 1. The number of aromatic nitrogens is 3. The molecular weight excluding hydrogens is 394 g/mol. The van der Waals surface area contributed by atoms with Crippen molar-refractivity contribution in [2.24, 2.45) is 0 Å². The molecule has 2 aromatic carbocycles. The third-order valence-electron chi connectivity index (χ3n) is 4.61. The fraction of sp³-hybridized carbons (Fsp3) is 0.0952. The third-order valence-corrected chi connectivity index (χ3v) is 4.61. The second-order valence-electron chi connectivity index (χ2n) is 6.62. The lowest BCUT2D eigenvalue weighted by atomic mass is 10.0. The summed E-state index contributed by atoms with van der Waals surface area (Å²) < 4.78 is 35.2. The van der Waals surface area contributed by atoms with Gasteiger partial charge in [-0.05, 0) is 43.3 Å². The van der Waals surface area contributed by atoms with Gasteiger partial charge >= 0.3 is 5.97 Å². The van der Waals surface area contributed by atoms with Gasteiger partial charge in [0.1, 0.15) is 17.7 Å². The standard InChI is InChI=1S/C21H16F2N4O3/c1-11(30-19-8-12-7-13(22)3-4-17(12)26-20(19)24)14-9-15(21(28)29)16(23)10-18(14)27-6-2-5-25-27/h2-11H,1H3,(H2,24,26)(H,28,29)/t11-/m0/s1. The Hall–Kier alpha value is -4.01. The summed E-state index contributed by atoms with van der Waals surface area (Å²) in [5.74, 6) is -2.46. The van der Waals surface area contributed by atoms with Crippen LogP contribution in [-0.2, 0) is 0 Å². The highest BCUT2D eigenvalue weighted by Crippen LogP contribution is 2.32. The van der Waals surface area contributed by atoms with Gasteiger partial charge in [0.05, 0.1) is 16.8 Å². The molecule has 0 radical (unpaired) electrons. The maximum absolute atomic E-state index is 14.3. The van der Waals surface area contributed by atoms with Crippen molar-refractivity contribution in [2.75, 3.05) is 5.73 Å². The van der Waals surface area contributed by atoms with E-state index in [1.807, 2.05) is 0 Å². The number of hydrogen-bond donors (Lipinski definition) is 2. The Labute approximate surface area is 169 Å². The number of fused-ring (bicyclic) bond motifs is 1. The Morgan fingerprint density at radius 3 is 2.73 bits per heavy atom. The van der Waals surface area contributed by atoms with Crippen molar-refractivity contribution in [3.05, 3.63) is 77.6 Å². The molecule has 152 valence electrons. The number of carbonyl (C=O) groups is 1. The topological polar surface area (TPSA) is 103 Å². The normalized spacial score (nSPS) is 12.1. The highest BCUT2D eigenvalue weighted by atomic mass is 19.1. The molecule has 3 N–H and O–H groups in total. The molecule has 0 amide bonds. The van der Waals surface area contributed by atoms with E-state index in [2.05, 4.69) is 10.1 Å². The Balaban J connectivity index is 1.78. The molecule has 0 aliphatic carbocycles. The van der Waals surface area contributed by atoms with Gasteiger partial charge in [-0.3, -0.25) is 0 Å². The molecule has 2 aromatic heterocycles. The average Bonchev–Trinajstić information content (AvgIpc) is 3.23. The lowest BCUT2D eigenvalue weighted by Gasteiger charge is -2.20. The van der Waals surface area contributed by atoms with Gasteiger partial charge in [-0.2, -0.15) is 5.10 Å². The molecule has 0 saturated heterocycles. The third kappa shape index (κ3) is 3.52. The maximum Gasteiger partial charge on any atom is 0.338 e. The highest BCUT2D eigenvalue weighted by molar-refractivity contribution is 5.88. The van der Waals surface area contributed by atoms with Crippen LogP contribution in [0.4, 0.5) is 14.6 Å². The van der Waals surface area contributed by atoms with Crippen LogP contribution in [0.2, 0.25) is 0 Å². The molecule has 2 heterocycles. The first-order valence-electron chi connectivity index (χ1n) is 8.92. The molecule has 7 nitrogen and oxygen atoms in total. The summed E-state index contributed by atoms with van der Waals surface area (Å²) in [6, 6.07) is 9.57. The summed E-state index contributed by atoms with van der Waals surface area (Å²) in [6.07, 6.45) is 2.36. The van der Waals surface area contributed by atoms with Gasteiger partial charge in [-0.25, -0.2) is 23.2 Å². The second-order valence-corrected chi connectivity index (χ2v) is 6.62. The molecule has 9 heteroatoms. The number of aromatic carboxylic acids is 1. The number of carboxylic acid groups (broad SMARTS) is 1. The van der Waals surface area contributed by atoms with Crippen LogP contribution >= 0.6 is 0 Å². The molecule has 1 atom stereocenters. The van der Waals surface area contributed by atoms with Crippen molar-refractivity contribution in [2.45, 2.75) is 13.0 Å². The van der Waals surface area contributed by atoms with Crippen molar-refractivity contribution in [1.82, 2.24) is 14.8 Å². The molecule has 0 spiro atoms. The van der Waals surface area contributed by atoms with Gasteiger partial charge < -0.3 is 15.6 Å². The quantitative estimate of drug-likeness (QED) is 0.513. The fourth-order valence-electron chi connectivity index (χ4n) is 3.17. The zero-order valence-electron chi connectivity index (χ0n) is 15.7. The van der Waals surface area contributed by atoms with E-state index >= 15 is 0 Å². The Kier molecular flexibility index (Phi) is 4.78. The Morgan fingerprint density at radius 1 is 1.23 bits per heavy atom. The van der Waals surface area contributed by atoms with Crippen molar-refractivity contribution in [3.8, 4) is 11.4 Å². The minimum absolute atomic E-state index is 0.0853. The first-order chi connectivity index (χ1) is 14.3. The van der Waals surface area contributed by atoms with E-state index in [1.165, 1.54) is 35.1 Å². The Morgan fingerprint density at radius 2 is 2.03 bits per heavy atom. The fourth-order valence-corrected chi connectivity index (χ4v) is 3.17. The van der Waals surface area contributed by atoms with Gasteiger partial charge in [-0.1, -0.05) is 0 Å². The number of pyridine rings is 1. The number of nitrogen functional groups attached to an aromatic ring is 1. The van der Waals surface area contributed by atoms with Gasteiger partial charge in [-0.15, -0.1) is 0 Å². The zero-order valence-corrected chi connectivity index (χ0v) is 15.7. The molecule has 0 saturated carbocycles. The van der Waals surface area contributed by atoms with Crippen molar-refractivity contribution >= 4 is 22.7 Å². The summed E-state index contributed by atoms with van der Waals surface area (Å²) in [6.45, 7) is 1.65. The molecule has 0 aliphatic heterocycles. The van der Waals surface area contributed by atoms with Crippen LogP contribution in [0.15, 0.2) is 54.9 Å². The molecule has 0 bridgehead atoms. The number of nitrogens with zero attached hydrogens (tertiary/aromatic N) is 3. The largest absolute Gasteiger partial charge is 0.482 e.